The Bertz CT molecular complexity index is 422. The fourth-order valence-electron chi connectivity index (χ4n) is 1.75. The van der Waals surface area contributed by atoms with Crippen LogP contribution in [0.5, 0.6) is 0 Å². The molecule has 1 aromatic rings. The third kappa shape index (κ3) is 2.56. The maximum absolute atomic E-state index is 11.9. The SMILES string of the molecule is Cc1cc(C)c(C(=O)OC(C)C)c(C)c1Cl. The molecule has 0 aliphatic rings. The third-order valence-corrected chi connectivity index (χ3v) is 3.01. The van der Waals surface area contributed by atoms with E-state index in [0.717, 1.165) is 16.7 Å². The number of carbonyl (C=O) groups is 1. The molecular formula is C13H17ClO2. The summed E-state index contributed by atoms with van der Waals surface area (Å²) in [5.41, 5.74) is 3.27. The number of hydrogen-bond donors (Lipinski definition) is 0. The highest BCUT2D eigenvalue weighted by Crippen LogP contribution is 2.27. The van der Waals surface area contributed by atoms with Crippen LogP contribution in [0.3, 0.4) is 0 Å². The van der Waals surface area contributed by atoms with Crippen molar-refractivity contribution in [3.05, 3.63) is 33.3 Å². The molecule has 2 nitrogen and oxygen atoms in total. The zero-order valence-corrected chi connectivity index (χ0v) is 11.1. The molecule has 88 valence electrons. The van der Waals surface area contributed by atoms with Gasteiger partial charge in [0.05, 0.1) is 11.7 Å². The molecule has 0 aliphatic carbocycles. The number of ether oxygens (including phenoxy) is 1. The Balaban J connectivity index is 3.24. The number of rotatable bonds is 2. The van der Waals surface area contributed by atoms with Gasteiger partial charge in [0.15, 0.2) is 0 Å². The van der Waals surface area contributed by atoms with Crippen molar-refractivity contribution in [2.75, 3.05) is 0 Å². The number of carbonyl (C=O) groups excluding carboxylic acids is 1. The van der Waals surface area contributed by atoms with Gasteiger partial charge in [-0.1, -0.05) is 17.7 Å². The van der Waals surface area contributed by atoms with E-state index in [0.29, 0.717) is 10.6 Å². The van der Waals surface area contributed by atoms with Crippen LogP contribution in [0.4, 0.5) is 0 Å². The molecule has 0 heterocycles. The summed E-state index contributed by atoms with van der Waals surface area (Å²) in [6.45, 7) is 9.34. The first-order chi connectivity index (χ1) is 7.34. The van der Waals surface area contributed by atoms with Crippen molar-refractivity contribution in [3.63, 3.8) is 0 Å². The molecule has 1 aromatic carbocycles. The Labute approximate surface area is 102 Å². The fraction of sp³-hybridized carbons (Fsp3) is 0.462. The molecule has 0 radical (unpaired) electrons. The van der Waals surface area contributed by atoms with E-state index >= 15 is 0 Å². The largest absolute Gasteiger partial charge is 0.459 e. The Hall–Kier alpha value is -1.02. The van der Waals surface area contributed by atoms with Crippen LogP contribution in [0.2, 0.25) is 5.02 Å². The summed E-state index contributed by atoms with van der Waals surface area (Å²) in [4.78, 5) is 11.9. The van der Waals surface area contributed by atoms with Crippen LogP contribution in [0.25, 0.3) is 0 Å². The first-order valence-corrected chi connectivity index (χ1v) is 5.69. The van der Waals surface area contributed by atoms with Crippen LogP contribution in [0.15, 0.2) is 6.07 Å². The Morgan fingerprint density at radius 2 is 1.81 bits per heavy atom. The number of hydrogen-bond acceptors (Lipinski definition) is 2. The van der Waals surface area contributed by atoms with Gasteiger partial charge in [0.25, 0.3) is 0 Å². The maximum Gasteiger partial charge on any atom is 0.338 e. The lowest BCUT2D eigenvalue weighted by molar-refractivity contribution is 0.0376. The van der Waals surface area contributed by atoms with Crippen LogP contribution in [-0.4, -0.2) is 12.1 Å². The molecule has 0 N–H and O–H groups in total. The molecule has 0 aliphatic heterocycles. The second-order valence-electron chi connectivity index (χ2n) is 4.28. The van der Waals surface area contributed by atoms with E-state index in [9.17, 15) is 4.79 Å². The van der Waals surface area contributed by atoms with Gasteiger partial charge < -0.3 is 4.74 Å². The summed E-state index contributed by atoms with van der Waals surface area (Å²) in [6, 6.07) is 1.91. The summed E-state index contributed by atoms with van der Waals surface area (Å²) < 4.78 is 5.20. The lowest BCUT2D eigenvalue weighted by Gasteiger charge is -2.14. The van der Waals surface area contributed by atoms with Crippen molar-refractivity contribution in [1.82, 2.24) is 0 Å². The van der Waals surface area contributed by atoms with Gasteiger partial charge in [-0.2, -0.15) is 0 Å². The molecule has 1 rings (SSSR count). The molecule has 0 saturated carbocycles. The minimum atomic E-state index is -0.299. The van der Waals surface area contributed by atoms with Gasteiger partial charge in [-0.25, -0.2) is 4.79 Å². The van der Waals surface area contributed by atoms with E-state index in [4.69, 9.17) is 16.3 Å². The van der Waals surface area contributed by atoms with Gasteiger partial charge in [-0.05, 0) is 51.3 Å². The van der Waals surface area contributed by atoms with Gasteiger partial charge in [-0.15, -0.1) is 0 Å². The normalized spacial score (nSPS) is 10.7. The monoisotopic (exact) mass is 240 g/mol. The third-order valence-electron chi connectivity index (χ3n) is 2.42. The second-order valence-corrected chi connectivity index (χ2v) is 4.66. The number of esters is 1. The standard InChI is InChI=1S/C13H17ClO2/c1-7(2)16-13(15)11-8(3)6-9(4)12(14)10(11)5/h6-7H,1-5H3. The van der Waals surface area contributed by atoms with Crippen LogP contribution in [0, 0.1) is 20.8 Å². The zero-order valence-electron chi connectivity index (χ0n) is 10.3. The zero-order chi connectivity index (χ0) is 12.5. The quantitative estimate of drug-likeness (QED) is 0.735. The van der Waals surface area contributed by atoms with E-state index in [1.165, 1.54) is 0 Å². The highest BCUT2D eigenvalue weighted by molar-refractivity contribution is 6.32. The van der Waals surface area contributed by atoms with E-state index in [1.54, 1.807) is 0 Å². The molecule has 0 aromatic heterocycles. The molecule has 0 saturated heterocycles. The molecule has 0 bridgehead atoms. The average Bonchev–Trinajstić information content (AvgIpc) is 2.13. The van der Waals surface area contributed by atoms with Crippen LogP contribution in [-0.2, 0) is 4.74 Å². The minimum Gasteiger partial charge on any atom is -0.459 e. The van der Waals surface area contributed by atoms with E-state index in [1.807, 2.05) is 40.7 Å². The Morgan fingerprint density at radius 1 is 1.25 bits per heavy atom. The van der Waals surface area contributed by atoms with Gasteiger partial charge in [0.1, 0.15) is 0 Å². The Morgan fingerprint density at radius 3 is 2.31 bits per heavy atom. The molecule has 0 amide bonds. The summed E-state index contributed by atoms with van der Waals surface area (Å²) in [6.07, 6.45) is -0.119. The summed E-state index contributed by atoms with van der Waals surface area (Å²) >= 11 is 6.13. The van der Waals surface area contributed by atoms with Crippen molar-refractivity contribution in [3.8, 4) is 0 Å². The fourth-order valence-corrected chi connectivity index (χ4v) is 1.90. The minimum absolute atomic E-state index is 0.119. The van der Waals surface area contributed by atoms with Crippen LogP contribution >= 0.6 is 11.6 Å². The number of halogens is 1. The van der Waals surface area contributed by atoms with Crippen molar-refractivity contribution in [2.45, 2.75) is 40.7 Å². The lowest BCUT2D eigenvalue weighted by Crippen LogP contribution is -2.14. The number of aryl methyl sites for hydroxylation is 2. The molecule has 0 unspecified atom stereocenters. The Kier molecular flexibility index (Phi) is 3.98. The predicted molar refractivity (Wildman–Crippen MR) is 66.2 cm³/mol. The van der Waals surface area contributed by atoms with Gasteiger partial charge in [0.2, 0.25) is 0 Å². The van der Waals surface area contributed by atoms with Crippen molar-refractivity contribution in [2.24, 2.45) is 0 Å². The van der Waals surface area contributed by atoms with Crippen LogP contribution < -0.4 is 0 Å². The highest BCUT2D eigenvalue weighted by atomic mass is 35.5. The summed E-state index contributed by atoms with van der Waals surface area (Å²) in [5, 5.41) is 0.640. The predicted octanol–water partition coefficient (Wildman–Crippen LogP) is 3.83. The van der Waals surface area contributed by atoms with Crippen molar-refractivity contribution < 1.29 is 9.53 Å². The second kappa shape index (κ2) is 4.88. The van der Waals surface area contributed by atoms with Crippen molar-refractivity contribution >= 4 is 17.6 Å². The average molecular weight is 241 g/mol. The first kappa shape index (κ1) is 13.0. The molecular weight excluding hydrogens is 224 g/mol. The van der Waals surface area contributed by atoms with E-state index < -0.39 is 0 Å². The molecule has 3 heteroatoms. The van der Waals surface area contributed by atoms with Crippen LogP contribution in [0.1, 0.15) is 40.9 Å². The highest BCUT2D eigenvalue weighted by Gasteiger charge is 2.18. The molecule has 0 spiro atoms. The van der Waals surface area contributed by atoms with Gasteiger partial charge in [0, 0.05) is 5.02 Å². The maximum atomic E-state index is 11.9. The van der Waals surface area contributed by atoms with Gasteiger partial charge in [-0.3, -0.25) is 0 Å². The van der Waals surface area contributed by atoms with Crippen molar-refractivity contribution in [1.29, 1.82) is 0 Å². The van der Waals surface area contributed by atoms with E-state index in [2.05, 4.69) is 0 Å². The van der Waals surface area contributed by atoms with E-state index in [-0.39, 0.29) is 12.1 Å². The topological polar surface area (TPSA) is 26.3 Å². The molecule has 0 atom stereocenters. The first-order valence-electron chi connectivity index (χ1n) is 5.31. The number of benzene rings is 1. The molecule has 0 fully saturated rings. The summed E-state index contributed by atoms with van der Waals surface area (Å²) in [5.74, 6) is -0.299. The summed E-state index contributed by atoms with van der Waals surface area (Å²) in [7, 11) is 0. The molecule has 16 heavy (non-hydrogen) atoms. The smallest absolute Gasteiger partial charge is 0.338 e. The van der Waals surface area contributed by atoms with Gasteiger partial charge >= 0.3 is 5.97 Å². The lowest BCUT2D eigenvalue weighted by atomic mass is 10.00.